The number of carbonyl (C=O) groups excluding carboxylic acids is 1. The number of hydrogen-bond acceptors (Lipinski definition) is 7. The van der Waals surface area contributed by atoms with Gasteiger partial charge in [-0.1, -0.05) is 16.5 Å². The van der Waals surface area contributed by atoms with E-state index < -0.39 is 0 Å². The maximum Gasteiger partial charge on any atom is 0.279 e. The first kappa shape index (κ1) is 18.5. The normalized spacial score (nSPS) is 14.5. The van der Waals surface area contributed by atoms with Crippen molar-refractivity contribution in [1.82, 2.24) is 15.5 Å². The molecule has 1 aromatic carbocycles. The second kappa shape index (κ2) is 8.02. The molecular formula is C20H21N3O4S. The van der Waals surface area contributed by atoms with E-state index in [0.29, 0.717) is 22.4 Å². The lowest BCUT2D eigenvalue weighted by Crippen LogP contribution is -2.23. The van der Waals surface area contributed by atoms with Crippen LogP contribution in [0.1, 0.15) is 38.5 Å². The van der Waals surface area contributed by atoms with Crippen LogP contribution in [0, 0.1) is 5.92 Å². The standard InChI is InChI=1S/C20H21N3O4S/c1-12(22-13(2)24)18-9-17(23-27-18)19-10-21-20(28-19)26-16-7-5-15(6-8-16)25-11-14-3-4-14/h5-10,12,14H,3-4,11H2,1-2H3,(H,22,24). The molecule has 1 atom stereocenters. The minimum Gasteiger partial charge on any atom is -0.493 e. The van der Waals surface area contributed by atoms with E-state index >= 15 is 0 Å². The van der Waals surface area contributed by atoms with E-state index in [4.69, 9.17) is 14.0 Å². The number of nitrogens with zero attached hydrogens (tertiary/aromatic N) is 2. The predicted octanol–water partition coefficient (Wildman–Crippen LogP) is 4.58. The summed E-state index contributed by atoms with van der Waals surface area (Å²) < 4.78 is 16.9. The van der Waals surface area contributed by atoms with Crippen LogP contribution in [-0.4, -0.2) is 22.7 Å². The molecule has 146 valence electrons. The van der Waals surface area contributed by atoms with Gasteiger partial charge in [-0.05, 0) is 49.9 Å². The van der Waals surface area contributed by atoms with E-state index in [2.05, 4.69) is 15.5 Å². The molecule has 1 fully saturated rings. The molecule has 1 N–H and O–H groups in total. The summed E-state index contributed by atoms with van der Waals surface area (Å²) in [7, 11) is 0. The average Bonchev–Trinajstić information content (AvgIpc) is 3.16. The molecule has 7 nitrogen and oxygen atoms in total. The van der Waals surface area contributed by atoms with Crippen molar-refractivity contribution in [3.8, 4) is 27.3 Å². The zero-order chi connectivity index (χ0) is 19.5. The van der Waals surface area contributed by atoms with Crippen molar-refractivity contribution in [2.45, 2.75) is 32.7 Å². The smallest absolute Gasteiger partial charge is 0.279 e. The topological polar surface area (TPSA) is 86.5 Å². The first-order valence-electron chi connectivity index (χ1n) is 9.17. The third-order valence-corrected chi connectivity index (χ3v) is 5.22. The lowest BCUT2D eigenvalue weighted by Gasteiger charge is -2.06. The van der Waals surface area contributed by atoms with Crippen molar-refractivity contribution in [1.29, 1.82) is 0 Å². The zero-order valence-corrected chi connectivity index (χ0v) is 16.5. The van der Waals surface area contributed by atoms with Crippen molar-refractivity contribution in [2.24, 2.45) is 5.92 Å². The van der Waals surface area contributed by atoms with Gasteiger partial charge in [-0.2, -0.15) is 0 Å². The monoisotopic (exact) mass is 399 g/mol. The van der Waals surface area contributed by atoms with E-state index in [0.717, 1.165) is 23.2 Å². The fraction of sp³-hybridized carbons (Fsp3) is 0.350. The molecule has 8 heteroatoms. The van der Waals surface area contributed by atoms with Gasteiger partial charge in [0.25, 0.3) is 5.19 Å². The Kier molecular flexibility index (Phi) is 5.29. The SMILES string of the molecule is CC(=O)NC(C)c1cc(-c2cnc(Oc3ccc(OCC4CC4)cc3)s2)no1. The van der Waals surface area contributed by atoms with Gasteiger partial charge in [0, 0.05) is 13.0 Å². The van der Waals surface area contributed by atoms with Crippen LogP contribution in [0.5, 0.6) is 16.7 Å². The number of carbonyl (C=O) groups is 1. The van der Waals surface area contributed by atoms with Gasteiger partial charge in [-0.15, -0.1) is 0 Å². The Bertz CT molecular complexity index is 947. The summed E-state index contributed by atoms with van der Waals surface area (Å²) in [5, 5.41) is 7.34. The molecule has 0 radical (unpaired) electrons. The number of ether oxygens (including phenoxy) is 2. The molecule has 1 aliphatic rings. The molecule has 2 aromatic heterocycles. The lowest BCUT2D eigenvalue weighted by atomic mass is 10.2. The molecule has 0 bridgehead atoms. The Hall–Kier alpha value is -2.87. The maximum absolute atomic E-state index is 11.2. The van der Waals surface area contributed by atoms with Crippen molar-refractivity contribution in [2.75, 3.05) is 6.61 Å². The summed E-state index contributed by atoms with van der Waals surface area (Å²) in [5.74, 6) is 2.73. The minimum absolute atomic E-state index is 0.122. The number of hydrogen-bond donors (Lipinski definition) is 1. The molecule has 2 heterocycles. The van der Waals surface area contributed by atoms with Gasteiger partial charge < -0.3 is 19.3 Å². The second-order valence-corrected chi connectivity index (χ2v) is 7.85. The van der Waals surface area contributed by atoms with Crippen LogP contribution in [0.25, 0.3) is 10.6 Å². The first-order chi connectivity index (χ1) is 13.6. The summed E-state index contributed by atoms with van der Waals surface area (Å²) >= 11 is 1.37. The van der Waals surface area contributed by atoms with Crippen LogP contribution >= 0.6 is 11.3 Å². The van der Waals surface area contributed by atoms with Crippen molar-refractivity contribution in [3.63, 3.8) is 0 Å². The van der Waals surface area contributed by atoms with Crippen LogP contribution in [0.15, 0.2) is 41.1 Å². The molecule has 28 heavy (non-hydrogen) atoms. The first-order valence-corrected chi connectivity index (χ1v) is 9.99. The van der Waals surface area contributed by atoms with Gasteiger partial charge in [0.15, 0.2) is 5.76 Å². The lowest BCUT2D eigenvalue weighted by molar-refractivity contribution is -0.119. The van der Waals surface area contributed by atoms with Gasteiger partial charge in [0.1, 0.15) is 17.2 Å². The quantitative estimate of drug-likeness (QED) is 0.597. The number of rotatable bonds is 8. The predicted molar refractivity (Wildman–Crippen MR) is 105 cm³/mol. The Morgan fingerprint density at radius 3 is 2.79 bits per heavy atom. The number of aromatic nitrogens is 2. The number of amides is 1. The molecule has 1 unspecified atom stereocenters. The summed E-state index contributed by atoms with van der Waals surface area (Å²) in [6, 6.07) is 9.09. The number of nitrogens with one attached hydrogen (secondary N) is 1. The summed E-state index contributed by atoms with van der Waals surface area (Å²) in [4.78, 5) is 16.3. The second-order valence-electron chi connectivity index (χ2n) is 6.85. The molecule has 0 saturated heterocycles. The third kappa shape index (κ3) is 4.69. The highest BCUT2D eigenvalue weighted by Gasteiger charge is 2.22. The Labute approximate surface area is 166 Å². The maximum atomic E-state index is 11.2. The van der Waals surface area contributed by atoms with Crippen LogP contribution < -0.4 is 14.8 Å². The molecule has 3 aromatic rings. The van der Waals surface area contributed by atoms with Crippen molar-refractivity contribution >= 4 is 17.2 Å². The van der Waals surface area contributed by atoms with E-state index in [1.54, 1.807) is 12.3 Å². The van der Waals surface area contributed by atoms with Gasteiger partial charge in [0.05, 0.1) is 23.7 Å². The molecule has 4 rings (SSSR count). The fourth-order valence-electron chi connectivity index (χ4n) is 2.61. The molecule has 1 saturated carbocycles. The van der Waals surface area contributed by atoms with Crippen LogP contribution in [0.3, 0.4) is 0 Å². The van der Waals surface area contributed by atoms with Gasteiger partial charge in [-0.3, -0.25) is 4.79 Å². The molecule has 1 aliphatic carbocycles. The van der Waals surface area contributed by atoms with E-state index in [1.165, 1.54) is 31.1 Å². The van der Waals surface area contributed by atoms with E-state index in [9.17, 15) is 4.79 Å². The van der Waals surface area contributed by atoms with Gasteiger partial charge in [-0.25, -0.2) is 4.98 Å². The molecule has 1 amide bonds. The minimum atomic E-state index is -0.247. The summed E-state index contributed by atoms with van der Waals surface area (Å²) in [6.07, 6.45) is 4.23. The van der Waals surface area contributed by atoms with E-state index in [-0.39, 0.29) is 11.9 Å². The van der Waals surface area contributed by atoms with Crippen LogP contribution in [-0.2, 0) is 4.79 Å². The highest BCUT2D eigenvalue weighted by Crippen LogP contribution is 2.34. The largest absolute Gasteiger partial charge is 0.493 e. The Balaban J connectivity index is 1.37. The number of thiazole rings is 1. The average molecular weight is 399 g/mol. The van der Waals surface area contributed by atoms with Crippen molar-refractivity contribution < 1.29 is 18.8 Å². The molecule has 0 spiro atoms. The van der Waals surface area contributed by atoms with Crippen LogP contribution in [0.2, 0.25) is 0 Å². The zero-order valence-electron chi connectivity index (χ0n) is 15.7. The Morgan fingerprint density at radius 1 is 1.32 bits per heavy atom. The fourth-order valence-corrected chi connectivity index (χ4v) is 3.35. The summed E-state index contributed by atoms with van der Waals surface area (Å²) in [5.41, 5.74) is 0.656. The highest BCUT2D eigenvalue weighted by atomic mass is 32.1. The third-order valence-electron chi connectivity index (χ3n) is 4.32. The Morgan fingerprint density at radius 2 is 2.07 bits per heavy atom. The number of benzene rings is 1. The van der Waals surface area contributed by atoms with Crippen molar-refractivity contribution in [3.05, 3.63) is 42.3 Å². The van der Waals surface area contributed by atoms with E-state index in [1.807, 2.05) is 31.2 Å². The van der Waals surface area contributed by atoms with Gasteiger partial charge >= 0.3 is 0 Å². The molecular weight excluding hydrogens is 378 g/mol. The van der Waals surface area contributed by atoms with Gasteiger partial charge in [0.2, 0.25) is 5.91 Å². The summed E-state index contributed by atoms with van der Waals surface area (Å²) in [6.45, 7) is 4.09. The highest BCUT2D eigenvalue weighted by molar-refractivity contribution is 7.16. The molecule has 0 aliphatic heterocycles. The van der Waals surface area contributed by atoms with Crippen LogP contribution in [0.4, 0.5) is 0 Å².